The van der Waals surface area contributed by atoms with E-state index in [1.165, 1.54) is 4.80 Å². The van der Waals surface area contributed by atoms with E-state index in [1.54, 1.807) is 48.5 Å². The summed E-state index contributed by atoms with van der Waals surface area (Å²) in [6.07, 6.45) is 0. The summed E-state index contributed by atoms with van der Waals surface area (Å²) >= 11 is 30.5. The van der Waals surface area contributed by atoms with Gasteiger partial charge < -0.3 is 5.32 Å². The van der Waals surface area contributed by atoms with E-state index in [9.17, 15) is 4.79 Å². The van der Waals surface area contributed by atoms with E-state index < -0.39 is 0 Å². The molecule has 10 heteroatoms. The number of benzene rings is 3. The lowest BCUT2D eigenvalue weighted by atomic mass is 10.1. The minimum Gasteiger partial charge on any atom is -0.350 e. The second kappa shape index (κ2) is 10.3. The largest absolute Gasteiger partial charge is 0.350 e. The molecule has 4 rings (SSSR count). The van der Waals surface area contributed by atoms with Crippen molar-refractivity contribution in [2.75, 3.05) is 0 Å². The summed E-state index contributed by atoms with van der Waals surface area (Å²) in [6.45, 7) is 0.198. The highest BCUT2D eigenvalue weighted by molar-refractivity contribution is 6.42. The molecule has 0 aliphatic rings. The highest BCUT2D eigenvalue weighted by Crippen LogP contribution is 2.35. The van der Waals surface area contributed by atoms with Crippen molar-refractivity contribution in [1.82, 2.24) is 20.3 Å². The molecule has 0 unspecified atom stereocenters. The minimum absolute atomic E-state index is 0.0902. The van der Waals surface area contributed by atoms with E-state index in [0.717, 1.165) is 11.1 Å². The lowest BCUT2D eigenvalue weighted by molar-refractivity contribution is -0.122. The third-order valence-corrected chi connectivity index (χ3v) is 6.26. The Bertz CT molecular complexity index is 1320. The third kappa shape index (κ3) is 5.81. The highest BCUT2D eigenvalue weighted by atomic mass is 35.5. The number of nitrogens with zero attached hydrogens (tertiary/aromatic N) is 3. The molecule has 0 fully saturated rings. The van der Waals surface area contributed by atoms with Gasteiger partial charge in [-0.15, -0.1) is 0 Å². The zero-order chi connectivity index (χ0) is 23.5. The molecule has 0 aliphatic carbocycles. The van der Waals surface area contributed by atoms with Gasteiger partial charge in [-0.2, -0.15) is 15.0 Å². The number of hydrogen-bond donors (Lipinski definition) is 1. The molecule has 1 N–H and O–H groups in total. The summed E-state index contributed by atoms with van der Waals surface area (Å²) in [4.78, 5) is 13.9. The summed E-state index contributed by atoms with van der Waals surface area (Å²) in [6, 6.07) is 17.5. The van der Waals surface area contributed by atoms with Gasteiger partial charge >= 0.3 is 0 Å². The Morgan fingerprint density at radius 2 is 1.45 bits per heavy atom. The molecule has 3 aromatic carbocycles. The van der Waals surface area contributed by atoms with E-state index in [-0.39, 0.29) is 19.0 Å². The van der Waals surface area contributed by atoms with Gasteiger partial charge in [-0.25, -0.2) is 0 Å². The van der Waals surface area contributed by atoms with Crippen LogP contribution in [0.15, 0.2) is 60.7 Å². The number of halogens is 5. The maximum atomic E-state index is 12.6. The molecule has 0 saturated heterocycles. The summed E-state index contributed by atoms with van der Waals surface area (Å²) in [5.74, 6) is -0.271. The fraction of sp³-hybridized carbons (Fsp3) is 0.0870. The van der Waals surface area contributed by atoms with Crippen molar-refractivity contribution in [3.8, 4) is 22.5 Å². The molecule has 4 aromatic rings. The smallest absolute Gasteiger partial charge is 0.243 e. The first-order chi connectivity index (χ1) is 15.8. The molecule has 0 aliphatic heterocycles. The molecular formula is C23H15Cl5N4O. The van der Waals surface area contributed by atoms with E-state index in [1.807, 2.05) is 12.1 Å². The predicted octanol–water partition coefficient (Wildman–Crippen LogP) is 7.20. The van der Waals surface area contributed by atoms with Crippen LogP contribution in [0.3, 0.4) is 0 Å². The van der Waals surface area contributed by atoms with Gasteiger partial charge in [-0.3, -0.25) is 4.79 Å². The van der Waals surface area contributed by atoms with E-state index in [0.29, 0.717) is 42.1 Å². The lowest BCUT2D eigenvalue weighted by Crippen LogP contribution is -2.28. The molecular weight excluding hydrogens is 526 g/mol. The number of hydrogen-bond acceptors (Lipinski definition) is 3. The second-order valence-electron chi connectivity index (χ2n) is 7.08. The first-order valence-electron chi connectivity index (χ1n) is 9.67. The Kier molecular flexibility index (Phi) is 7.47. The van der Waals surface area contributed by atoms with Crippen molar-refractivity contribution < 1.29 is 4.79 Å². The van der Waals surface area contributed by atoms with Crippen LogP contribution >= 0.6 is 58.0 Å². The van der Waals surface area contributed by atoms with E-state index >= 15 is 0 Å². The zero-order valence-electron chi connectivity index (χ0n) is 16.8. The Hall–Kier alpha value is -2.28. The van der Waals surface area contributed by atoms with Crippen LogP contribution in [-0.2, 0) is 17.9 Å². The summed E-state index contributed by atoms with van der Waals surface area (Å²) in [5, 5.41) is 14.3. The molecule has 168 valence electrons. The summed E-state index contributed by atoms with van der Waals surface area (Å²) in [5.41, 5.74) is 3.34. The predicted molar refractivity (Wildman–Crippen MR) is 134 cm³/mol. The SMILES string of the molecule is O=C(Cn1nc(-c2ccc(Cl)cc2)c(-c2ccc(Cl)cc2Cl)n1)NCc1ccc(Cl)c(Cl)c1. The molecule has 0 spiro atoms. The fourth-order valence-corrected chi connectivity index (χ4v) is 4.06. The van der Waals surface area contributed by atoms with Gasteiger partial charge in [-0.05, 0) is 48.0 Å². The Labute approximate surface area is 215 Å². The maximum Gasteiger partial charge on any atom is 0.243 e. The maximum absolute atomic E-state index is 12.6. The average Bonchev–Trinajstić information content (AvgIpc) is 3.18. The van der Waals surface area contributed by atoms with Gasteiger partial charge in [0.25, 0.3) is 0 Å². The monoisotopic (exact) mass is 538 g/mol. The molecule has 0 atom stereocenters. The molecule has 1 aromatic heterocycles. The van der Waals surface area contributed by atoms with Crippen LogP contribution in [0.25, 0.3) is 22.5 Å². The minimum atomic E-state index is -0.271. The first kappa shape index (κ1) is 23.9. The normalized spacial score (nSPS) is 10.9. The van der Waals surface area contributed by atoms with Crippen LogP contribution in [0.5, 0.6) is 0 Å². The second-order valence-corrected chi connectivity index (χ2v) is 9.18. The molecule has 1 heterocycles. The lowest BCUT2D eigenvalue weighted by Gasteiger charge is -2.06. The van der Waals surface area contributed by atoms with Crippen LogP contribution in [0.2, 0.25) is 25.1 Å². The first-order valence-corrected chi connectivity index (χ1v) is 11.6. The number of rotatable bonds is 6. The van der Waals surface area contributed by atoms with E-state index in [2.05, 4.69) is 15.5 Å². The van der Waals surface area contributed by atoms with Gasteiger partial charge in [0.05, 0.1) is 15.1 Å². The van der Waals surface area contributed by atoms with Gasteiger partial charge in [0, 0.05) is 27.7 Å². The van der Waals surface area contributed by atoms with Crippen LogP contribution in [0.4, 0.5) is 0 Å². The van der Waals surface area contributed by atoms with Crippen LogP contribution in [0, 0.1) is 0 Å². The van der Waals surface area contributed by atoms with Crippen molar-refractivity contribution in [3.63, 3.8) is 0 Å². The Morgan fingerprint density at radius 3 is 2.15 bits per heavy atom. The standard InChI is InChI=1S/C23H15Cl5N4O/c24-15-4-2-14(3-5-15)22-23(17-7-6-16(25)10-19(17)27)31-32(30-22)12-21(33)29-11-13-1-8-18(26)20(28)9-13/h1-10H,11-12H2,(H,29,33). The van der Waals surface area contributed by atoms with Crippen LogP contribution < -0.4 is 5.32 Å². The van der Waals surface area contributed by atoms with Gasteiger partial charge in [0.1, 0.15) is 17.9 Å². The summed E-state index contributed by atoms with van der Waals surface area (Å²) < 4.78 is 0. The third-order valence-electron chi connectivity index (χ3n) is 4.72. The van der Waals surface area contributed by atoms with Crippen molar-refractivity contribution in [2.45, 2.75) is 13.1 Å². The van der Waals surface area contributed by atoms with Gasteiger partial charge in [0.15, 0.2) is 0 Å². The van der Waals surface area contributed by atoms with Crippen molar-refractivity contribution >= 4 is 63.9 Å². The number of carbonyl (C=O) groups is 1. The van der Waals surface area contributed by atoms with Crippen LogP contribution in [-0.4, -0.2) is 20.9 Å². The molecule has 0 saturated carbocycles. The number of nitrogens with one attached hydrogen (secondary N) is 1. The molecule has 0 radical (unpaired) electrons. The average molecular weight is 541 g/mol. The molecule has 1 amide bonds. The molecule has 5 nitrogen and oxygen atoms in total. The van der Waals surface area contributed by atoms with Gasteiger partial charge in [-0.1, -0.05) is 76.2 Å². The fourth-order valence-electron chi connectivity index (χ4n) is 3.12. The molecule has 33 heavy (non-hydrogen) atoms. The summed E-state index contributed by atoms with van der Waals surface area (Å²) in [7, 11) is 0. The van der Waals surface area contributed by atoms with Crippen molar-refractivity contribution in [1.29, 1.82) is 0 Å². The molecule has 0 bridgehead atoms. The number of carbonyl (C=O) groups excluding carboxylic acids is 1. The van der Waals surface area contributed by atoms with Crippen molar-refractivity contribution in [2.24, 2.45) is 0 Å². The number of aromatic nitrogens is 3. The van der Waals surface area contributed by atoms with Crippen LogP contribution in [0.1, 0.15) is 5.56 Å². The quantitative estimate of drug-likeness (QED) is 0.281. The van der Waals surface area contributed by atoms with Gasteiger partial charge in [0.2, 0.25) is 5.91 Å². The topological polar surface area (TPSA) is 59.8 Å². The zero-order valence-corrected chi connectivity index (χ0v) is 20.6. The van der Waals surface area contributed by atoms with E-state index in [4.69, 9.17) is 58.0 Å². The van der Waals surface area contributed by atoms with Crippen molar-refractivity contribution in [3.05, 3.63) is 91.3 Å². The Balaban J connectivity index is 1.59. The number of amides is 1. The highest BCUT2D eigenvalue weighted by Gasteiger charge is 2.19. The Morgan fingerprint density at radius 1 is 0.758 bits per heavy atom.